The maximum absolute atomic E-state index is 12.9. The monoisotopic (exact) mass is 496 g/mol. The average molecular weight is 496 g/mol. The molecule has 3 aromatic rings. The number of carbonyl (C=O) groups excluding carboxylic acids is 1. The lowest BCUT2D eigenvalue weighted by Gasteiger charge is -2.36. The molecule has 1 amide bonds. The molecule has 1 N–H and O–H groups in total. The zero-order valence-corrected chi connectivity index (χ0v) is 18.3. The highest BCUT2D eigenvalue weighted by Gasteiger charge is 2.38. The fraction of sp³-hybridized carbons (Fsp3) is 0.273. The van der Waals surface area contributed by atoms with Crippen LogP contribution in [0.4, 0.5) is 13.2 Å². The Balaban J connectivity index is 1.58. The highest BCUT2D eigenvalue weighted by molar-refractivity contribution is 7.87. The van der Waals surface area contributed by atoms with Gasteiger partial charge in [-0.2, -0.15) is 8.42 Å². The van der Waals surface area contributed by atoms with E-state index in [9.17, 15) is 31.5 Å². The number of alkyl halides is 3. The number of para-hydroxylation sites is 1. The van der Waals surface area contributed by atoms with Crippen molar-refractivity contribution in [3.63, 3.8) is 0 Å². The molecule has 1 aliphatic heterocycles. The van der Waals surface area contributed by atoms with Gasteiger partial charge in [0.1, 0.15) is 28.0 Å². The summed E-state index contributed by atoms with van der Waals surface area (Å²) in [5, 5.41) is 9.73. The van der Waals surface area contributed by atoms with Crippen LogP contribution in [-0.4, -0.2) is 48.0 Å². The third-order valence-electron chi connectivity index (χ3n) is 5.45. The molecule has 1 aromatic heterocycles. The molecule has 0 bridgehead atoms. The predicted molar refractivity (Wildman–Crippen MR) is 115 cm³/mol. The van der Waals surface area contributed by atoms with Gasteiger partial charge in [-0.3, -0.25) is 4.79 Å². The van der Waals surface area contributed by atoms with Crippen molar-refractivity contribution >= 4 is 27.4 Å². The lowest BCUT2D eigenvalue weighted by molar-refractivity contribution is -0.274. The van der Waals surface area contributed by atoms with Crippen LogP contribution in [0.1, 0.15) is 24.6 Å². The number of aromatic nitrogens is 1. The number of amides is 1. The third-order valence-corrected chi connectivity index (χ3v) is 7.12. The van der Waals surface area contributed by atoms with Crippen molar-refractivity contribution in [3.8, 4) is 17.2 Å². The summed E-state index contributed by atoms with van der Waals surface area (Å²) in [6.45, 7) is 0.0964. The van der Waals surface area contributed by atoms with E-state index in [-0.39, 0.29) is 30.9 Å². The first-order valence-corrected chi connectivity index (χ1v) is 11.6. The van der Waals surface area contributed by atoms with E-state index in [0.29, 0.717) is 23.0 Å². The number of rotatable bonds is 6. The van der Waals surface area contributed by atoms with Gasteiger partial charge in [0.05, 0.1) is 11.7 Å². The van der Waals surface area contributed by atoms with E-state index >= 15 is 0 Å². The molecule has 180 valence electrons. The molecule has 2 atom stereocenters. The van der Waals surface area contributed by atoms with Crippen molar-refractivity contribution in [1.29, 1.82) is 0 Å². The fourth-order valence-electron chi connectivity index (χ4n) is 3.89. The van der Waals surface area contributed by atoms with Gasteiger partial charge in [-0.25, -0.2) is 4.98 Å². The summed E-state index contributed by atoms with van der Waals surface area (Å²) in [5.41, 5.74) is 0.704. The number of ether oxygens (including phenoxy) is 1. The number of likely N-dealkylation sites (tertiary alicyclic amines) is 1. The predicted octanol–water partition coefficient (Wildman–Crippen LogP) is 3.91. The van der Waals surface area contributed by atoms with Gasteiger partial charge in [-0.15, -0.1) is 13.2 Å². The van der Waals surface area contributed by atoms with Gasteiger partial charge in [-0.1, -0.05) is 24.3 Å². The molecule has 2 unspecified atom stereocenters. The molecule has 12 heteroatoms. The van der Waals surface area contributed by atoms with Gasteiger partial charge in [0, 0.05) is 18.0 Å². The Bertz CT molecular complexity index is 1320. The van der Waals surface area contributed by atoms with Crippen LogP contribution < -0.4 is 8.92 Å². The Kier molecular flexibility index (Phi) is 6.26. The molecular weight excluding hydrogens is 477 g/mol. The van der Waals surface area contributed by atoms with E-state index in [1.54, 1.807) is 24.3 Å². The van der Waals surface area contributed by atoms with Crippen LogP contribution in [0.2, 0.25) is 0 Å². The van der Waals surface area contributed by atoms with E-state index < -0.39 is 33.5 Å². The zero-order valence-electron chi connectivity index (χ0n) is 17.5. The van der Waals surface area contributed by atoms with Crippen molar-refractivity contribution < 1.29 is 40.4 Å². The summed E-state index contributed by atoms with van der Waals surface area (Å²) in [6.07, 6.45) is -4.32. The smallest absolute Gasteiger partial charge is 0.506 e. The molecule has 0 spiro atoms. The summed E-state index contributed by atoms with van der Waals surface area (Å²) in [5.74, 6) is -1.000. The van der Waals surface area contributed by atoms with E-state index in [1.165, 1.54) is 23.1 Å². The molecule has 1 fully saturated rings. The van der Waals surface area contributed by atoms with Crippen molar-refractivity contribution in [2.75, 3.05) is 6.54 Å². The number of aromatic hydroxyl groups is 1. The zero-order chi connectivity index (χ0) is 24.5. The van der Waals surface area contributed by atoms with Crippen LogP contribution >= 0.6 is 0 Å². The molecule has 4 rings (SSSR count). The molecule has 2 heterocycles. The van der Waals surface area contributed by atoms with E-state index in [2.05, 4.69) is 9.72 Å². The second kappa shape index (κ2) is 9.01. The molecule has 34 heavy (non-hydrogen) atoms. The number of nitrogens with zero attached hydrogens (tertiary/aromatic N) is 2. The summed E-state index contributed by atoms with van der Waals surface area (Å²) < 4.78 is 72.2. The fourth-order valence-corrected chi connectivity index (χ4v) is 5.21. The maximum Gasteiger partial charge on any atom is 0.573 e. The van der Waals surface area contributed by atoms with Crippen molar-refractivity contribution in [1.82, 2.24) is 9.88 Å². The van der Waals surface area contributed by atoms with Crippen LogP contribution in [0.15, 0.2) is 54.6 Å². The highest BCUT2D eigenvalue weighted by atomic mass is 32.2. The summed E-state index contributed by atoms with van der Waals surface area (Å²) in [4.78, 5) is 17.5. The normalized spacial score (nSPS) is 19.1. The van der Waals surface area contributed by atoms with Crippen LogP contribution in [-0.2, 0) is 14.9 Å². The minimum absolute atomic E-state index is 0.0497. The Labute approximate surface area is 192 Å². The number of hydrogen-bond donors (Lipinski definition) is 1. The Morgan fingerprint density at radius 1 is 1.09 bits per heavy atom. The number of benzene rings is 2. The molecule has 0 radical (unpaired) electrons. The molecule has 1 aliphatic rings. The number of fused-ring (bicyclic) bond motifs is 1. The van der Waals surface area contributed by atoms with Gasteiger partial charge in [-0.05, 0) is 37.1 Å². The number of pyridine rings is 1. The SMILES string of the molecule is O=CN1CCC(S(=O)(=O)Oc2cccc(OC(F)(F)F)c2)CC1c1ccc2cccc(O)c2n1. The minimum Gasteiger partial charge on any atom is -0.506 e. The van der Waals surface area contributed by atoms with Gasteiger partial charge < -0.3 is 18.9 Å². The summed E-state index contributed by atoms with van der Waals surface area (Å²) >= 11 is 0. The maximum atomic E-state index is 12.9. The number of carbonyl (C=O) groups is 1. The van der Waals surface area contributed by atoms with Gasteiger partial charge in [0.25, 0.3) is 0 Å². The first-order chi connectivity index (χ1) is 16.1. The Morgan fingerprint density at radius 3 is 2.56 bits per heavy atom. The van der Waals surface area contributed by atoms with E-state index in [0.717, 1.165) is 12.1 Å². The number of piperidine rings is 1. The lowest BCUT2D eigenvalue weighted by Crippen LogP contribution is -2.42. The van der Waals surface area contributed by atoms with E-state index in [4.69, 9.17) is 4.18 Å². The first kappa shape index (κ1) is 23.6. The van der Waals surface area contributed by atoms with Crippen molar-refractivity contribution in [2.24, 2.45) is 0 Å². The Hall–Kier alpha value is -3.54. The van der Waals surface area contributed by atoms with Crippen molar-refractivity contribution in [3.05, 3.63) is 60.3 Å². The quantitative estimate of drug-likeness (QED) is 0.407. The van der Waals surface area contributed by atoms with Crippen LogP contribution in [0, 0.1) is 0 Å². The standard InChI is InChI=1S/C22H19F3N2O6S/c23-22(24,25)32-15-4-2-5-16(11-15)33-34(30,31)17-9-10-27(13-28)19(12-17)18-8-7-14-3-1-6-20(29)21(14)26-18/h1-8,11,13,17,19,29H,9-10,12H2. The van der Waals surface area contributed by atoms with Crippen LogP contribution in [0.5, 0.6) is 17.2 Å². The number of hydrogen-bond acceptors (Lipinski definition) is 7. The van der Waals surface area contributed by atoms with Crippen molar-refractivity contribution in [2.45, 2.75) is 30.5 Å². The average Bonchev–Trinajstić information content (AvgIpc) is 2.77. The second-order valence-electron chi connectivity index (χ2n) is 7.69. The molecular formula is C22H19F3N2O6S. The topological polar surface area (TPSA) is 106 Å². The summed E-state index contributed by atoms with van der Waals surface area (Å²) in [7, 11) is -4.28. The second-order valence-corrected chi connectivity index (χ2v) is 9.51. The summed E-state index contributed by atoms with van der Waals surface area (Å²) in [6, 6.07) is 11.8. The third kappa shape index (κ3) is 5.16. The number of phenolic OH excluding ortho intramolecular Hbond substituents is 1. The number of halogens is 3. The van der Waals surface area contributed by atoms with Gasteiger partial charge >= 0.3 is 16.5 Å². The molecule has 0 aliphatic carbocycles. The minimum atomic E-state index is -4.94. The van der Waals surface area contributed by atoms with Crippen LogP contribution in [0.3, 0.4) is 0 Å². The van der Waals surface area contributed by atoms with E-state index in [1.807, 2.05) is 0 Å². The lowest BCUT2D eigenvalue weighted by atomic mass is 9.98. The Morgan fingerprint density at radius 2 is 1.82 bits per heavy atom. The number of phenols is 1. The highest BCUT2D eigenvalue weighted by Crippen LogP contribution is 2.35. The first-order valence-electron chi connectivity index (χ1n) is 10.1. The molecule has 8 nitrogen and oxygen atoms in total. The molecule has 0 saturated carbocycles. The van der Waals surface area contributed by atoms with Gasteiger partial charge in [0.2, 0.25) is 6.41 Å². The van der Waals surface area contributed by atoms with Gasteiger partial charge in [0.15, 0.2) is 0 Å². The molecule has 2 aromatic carbocycles. The molecule has 1 saturated heterocycles. The largest absolute Gasteiger partial charge is 0.573 e. The van der Waals surface area contributed by atoms with Crippen LogP contribution in [0.25, 0.3) is 10.9 Å².